The van der Waals surface area contributed by atoms with Gasteiger partial charge in [0.15, 0.2) is 0 Å². The zero-order valence-electron chi connectivity index (χ0n) is 14.8. The summed E-state index contributed by atoms with van der Waals surface area (Å²) >= 11 is 9.35. The molecule has 0 saturated carbocycles. The first-order chi connectivity index (χ1) is 13.1. The summed E-state index contributed by atoms with van der Waals surface area (Å²) in [6.45, 7) is 2.01. The van der Waals surface area contributed by atoms with E-state index in [9.17, 15) is 0 Å². The molecule has 2 aromatic carbocycles. The second-order valence-corrected chi connectivity index (χ2v) is 8.52. The van der Waals surface area contributed by atoms with Crippen LogP contribution in [0.5, 0.6) is 5.75 Å². The van der Waals surface area contributed by atoms with Crippen molar-refractivity contribution in [2.45, 2.75) is 17.7 Å². The topological polar surface area (TPSA) is 47.9 Å². The first-order valence-electron chi connectivity index (χ1n) is 8.29. The standard InChI is InChI=1S/C20H16ClN3OS2/c1-12-22-18-19(27-12)17(14-6-8-16(25-2)9-7-14)23-24-20(18)26-11-13-4-3-5-15(21)10-13/h3-10H,11H2,1-2H3. The van der Waals surface area contributed by atoms with Gasteiger partial charge >= 0.3 is 0 Å². The number of aromatic nitrogens is 3. The molecule has 0 atom stereocenters. The average molecular weight is 414 g/mol. The van der Waals surface area contributed by atoms with E-state index in [1.807, 2.05) is 49.4 Å². The first-order valence-corrected chi connectivity index (χ1v) is 10.5. The van der Waals surface area contributed by atoms with Gasteiger partial charge in [-0.1, -0.05) is 35.5 Å². The fourth-order valence-electron chi connectivity index (χ4n) is 2.73. The van der Waals surface area contributed by atoms with Gasteiger partial charge in [-0.15, -0.1) is 21.5 Å². The van der Waals surface area contributed by atoms with Gasteiger partial charge in [0, 0.05) is 16.3 Å². The van der Waals surface area contributed by atoms with Gasteiger partial charge in [0.2, 0.25) is 0 Å². The molecule has 4 rings (SSSR count). The van der Waals surface area contributed by atoms with Crippen molar-refractivity contribution in [3.63, 3.8) is 0 Å². The van der Waals surface area contributed by atoms with E-state index in [1.165, 1.54) is 0 Å². The van der Waals surface area contributed by atoms with Crippen LogP contribution in [-0.2, 0) is 5.75 Å². The minimum absolute atomic E-state index is 0.740. The minimum Gasteiger partial charge on any atom is -0.497 e. The number of nitrogens with zero attached hydrogens (tertiary/aromatic N) is 3. The Morgan fingerprint density at radius 1 is 1.11 bits per heavy atom. The number of methoxy groups -OCH3 is 1. The van der Waals surface area contributed by atoms with Crippen LogP contribution < -0.4 is 4.74 Å². The SMILES string of the molecule is COc1ccc(-c2nnc(SCc3cccc(Cl)c3)c3nc(C)sc23)cc1. The molecule has 4 nitrogen and oxygen atoms in total. The zero-order chi connectivity index (χ0) is 18.8. The van der Waals surface area contributed by atoms with Crippen molar-refractivity contribution in [1.82, 2.24) is 15.2 Å². The van der Waals surface area contributed by atoms with Gasteiger partial charge in [-0.2, -0.15) is 0 Å². The molecule has 0 fully saturated rings. The highest BCUT2D eigenvalue weighted by atomic mass is 35.5. The van der Waals surface area contributed by atoms with Crippen molar-refractivity contribution in [3.8, 4) is 17.0 Å². The van der Waals surface area contributed by atoms with Gasteiger partial charge < -0.3 is 4.74 Å². The molecule has 0 aliphatic rings. The van der Waals surface area contributed by atoms with Crippen LogP contribution in [0, 0.1) is 6.92 Å². The molecule has 0 spiro atoms. The molecule has 0 radical (unpaired) electrons. The molecule has 0 bridgehead atoms. The van der Waals surface area contributed by atoms with Crippen molar-refractivity contribution >= 4 is 44.9 Å². The number of halogens is 1. The summed E-state index contributed by atoms with van der Waals surface area (Å²) in [5, 5.41) is 11.6. The lowest BCUT2D eigenvalue weighted by Gasteiger charge is -2.06. The third-order valence-corrected chi connectivity index (χ3v) is 6.26. The van der Waals surface area contributed by atoms with E-state index in [0.29, 0.717) is 0 Å². The molecular formula is C20H16ClN3OS2. The van der Waals surface area contributed by atoms with E-state index < -0.39 is 0 Å². The average Bonchev–Trinajstić information content (AvgIpc) is 3.08. The van der Waals surface area contributed by atoms with E-state index in [2.05, 4.69) is 16.3 Å². The molecule has 2 aromatic heterocycles. The molecule has 27 heavy (non-hydrogen) atoms. The number of fused-ring (bicyclic) bond motifs is 1. The summed E-state index contributed by atoms with van der Waals surface area (Å²) in [6.07, 6.45) is 0. The van der Waals surface area contributed by atoms with Crippen LogP contribution in [0.1, 0.15) is 10.6 Å². The van der Waals surface area contributed by atoms with E-state index in [-0.39, 0.29) is 0 Å². The Balaban J connectivity index is 1.69. The Morgan fingerprint density at radius 2 is 1.93 bits per heavy atom. The Labute approximate surface area is 170 Å². The maximum absolute atomic E-state index is 6.08. The second kappa shape index (κ2) is 7.84. The number of rotatable bonds is 5. The summed E-state index contributed by atoms with van der Waals surface area (Å²) in [4.78, 5) is 4.71. The quantitative estimate of drug-likeness (QED) is 0.374. The van der Waals surface area contributed by atoms with Gasteiger partial charge in [-0.3, -0.25) is 0 Å². The summed E-state index contributed by atoms with van der Waals surface area (Å²) in [5.41, 5.74) is 3.91. The van der Waals surface area contributed by atoms with Crippen molar-refractivity contribution in [2.75, 3.05) is 7.11 Å². The third-order valence-electron chi connectivity index (χ3n) is 4.02. The molecule has 0 amide bonds. The lowest BCUT2D eigenvalue weighted by Crippen LogP contribution is -1.93. The van der Waals surface area contributed by atoms with Crippen LogP contribution in [-0.4, -0.2) is 22.3 Å². The maximum Gasteiger partial charge on any atom is 0.146 e. The van der Waals surface area contributed by atoms with Crippen LogP contribution in [0.3, 0.4) is 0 Å². The Bertz CT molecular complexity index is 1100. The normalized spacial score (nSPS) is 11.1. The predicted molar refractivity (Wildman–Crippen MR) is 113 cm³/mol. The molecule has 2 heterocycles. The largest absolute Gasteiger partial charge is 0.497 e. The van der Waals surface area contributed by atoms with Crippen molar-refractivity contribution in [3.05, 3.63) is 64.1 Å². The molecule has 136 valence electrons. The van der Waals surface area contributed by atoms with Crippen molar-refractivity contribution in [2.24, 2.45) is 0 Å². The summed E-state index contributed by atoms with van der Waals surface area (Å²) < 4.78 is 6.30. The van der Waals surface area contributed by atoms with Crippen molar-refractivity contribution in [1.29, 1.82) is 0 Å². The number of aryl methyl sites for hydroxylation is 1. The van der Waals surface area contributed by atoms with Crippen LogP contribution >= 0.6 is 34.7 Å². The van der Waals surface area contributed by atoms with E-state index in [0.717, 1.165) is 53.6 Å². The molecule has 4 aromatic rings. The van der Waals surface area contributed by atoms with Crippen LogP contribution in [0.2, 0.25) is 5.02 Å². The third kappa shape index (κ3) is 3.93. The van der Waals surface area contributed by atoms with Gasteiger partial charge in [0.1, 0.15) is 22.0 Å². The molecule has 0 unspecified atom stereocenters. The molecule has 0 aliphatic heterocycles. The fraction of sp³-hybridized carbons (Fsp3) is 0.150. The highest BCUT2D eigenvalue weighted by Crippen LogP contribution is 2.36. The molecular weight excluding hydrogens is 398 g/mol. The fourth-order valence-corrected chi connectivity index (χ4v) is 4.80. The van der Waals surface area contributed by atoms with Gasteiger partial charge in [-0.25, -0.2) is 4.98 Å². The number of thiazole rings is 1. The van der Waals surface area contributed by atoms with Crippen LogP contribution in [0.15, 0.2) is 53.6 Å². The molecule has 0 N–H and O–H groups in total. The molecule has 7 heteroatoms. The Morgan fingerprint density at radius 3 is 2.67 bits per heavy atom. The maximum atomic E-state index is 6.08. The Kier molecular flexibility index (Phi) is 5.29. The smallest absolute Gasteiger partial charge is 0.146 e. The second-order valence-electron chi connectivity index (χ2n) is 5.91. The van der Waals surface area contributed by atoms with Crippen molar-refractivity contribution < 1.29 is 4.74 Å². The molecule has 0 aliphatic carbocycles. The van der Waals surface area contributed by atoms with Gasteiger partial charge in [-0.05, 0) is 48.9 Å². The summed E-state index contributed by atoms with van der Waals surface area (Å²) in [6, 6.07) is 15.7. The first kappa shape index (κ1) is 18.2. The minimum atomic E-state index is 0.740. The Hall–Kier alpha value is -2.15. The zero-order valence-corrected chi connectivity index (χ0v) is 17.2. The number of thioether (sulfide) groups is 1. The van der Waals surface area contributed by atoms with Gasteiger partial charge in [0.25, 0.3) is 0 Å². The number of ether oxygens (including phenoxy) is 1. The highest BCUT2D eigenvalue weighted by Gasteiger charge is 2.16. The van der Waals surface area contributed by atoms with Gasteiger partial charge in [0.05, 0.1) is 16.8 Å². The lowest BCUT2D eigenvalue weighted by atomic mass is 10.1. The summed E-state index contributed by atoms with van der Waals surface area (Å²) in [7, 11) is 1.66. The highest BCUT2D eigenvalue weighted by molar-refractivity contribution is 7.98. The number of hydrogen-bond donors (Lipinski definition) is 0. The van der Waals surface area contributed by atoms with E-state index in [4.69, 9.17) is 21.3 Å². The van der Waals surface area contributed by atoms with Crippen LogP contribution in [0.4, 0.5) is 0 Å². The monoisotopic (exact) mass is 413 g/mol. The number of hydrogen-bond acceptors (Lipinski definition) is 6. The van der Waals surface area contributed by atoms with E-state index >= 15 is 0 Å². The number of benzene rings is 2. The van der Waals surface area contributed by atoms with Crippen LogP contribution in [0.25, 0.3) is 21.5 Å². The predicted octanol–water partition coefficient (Wildman–Crippen LogP) is 6.02. The van der Waals surface area contributed by atoms with E-state index in [1.54, 1.807) is 30.2 Å². The summed E-state index contributed by atoms with van der Waals surface area (Å²) in [5.74, 6) is 1.58. The lowest BCUT2D eigenvalue weighted by molar-refractivity contribution is 0.415. The molecule has 0 saturated heterocycles.